The second-order valence-electron chi connectivity index (χ2n) is 11.2. The van der Waals surface area contributed by atoms with E-state index >= 15 is 4.39 Å². The standard InChI is InChI=1S/C28H35F3N2O3Si/c1-28(2,3)37(5,6)35-16-17-9-24(29)23(21-7-8-32-14-22(17)21)15-33-18-10-19(11-18)36-20-12-25(30)27(34-4)26(31)13-20/h7-9,12-14,18-19,33H,10-11,15-16H2,1-6H3/t18-,19-. The molecule has 1 fully saturated rings. The van der Waals surface area contributed by atoms with Crippen molar-refractivity contribution in [2.75, 3.05) is 7.11 Å². The highest BCUT2D eigenvalue weighted by Gasteiger charge is 2.37. The molecule has 1 aliphatic carbocycles. The molecule has 0 aliphatic heterocycles. The van der Waals surface area contributed by atoms with E-state index in [2.05, 4.69) is 44.2 Å². The number of fused-ring (bicyclic) bond motifs is 1. The van der Waals surface area contributed by atoms with E-state index in [-0.39, 0.29) is 28.8 Å². The number of halogens is 3. The minimum Gasteiger partial charge on any atom is -0.491 e. The van der Waals surface area contributed by atoms with Crippen LogP contribution in [-0.4, -0.2) is 32.6 Å². The quantitative estimate of drug-likeness (QED) is 0.305. The number of benzene rings is 2. The van der Waals surface area contributed by atoms with Gasteiger partial charge in [-0.1, -0.05) is 20.8 Å². The summed E-state index contributed by atoms with van der Waals surface area (Å²) in [5, 5.41) is 5.15. The van der Waals surface area contributed by atoms with E-state index in [1.54, 1.807) is 18.5 Å². The molecule has 5 nitrogen and oxygen atoms in total. The Kier molecular flexibility index (Phi) is 7.87. The Morgan fingerprint density at radius 1 is 1.03 bits per heavy atom. The molecule has 1 aliphatic rings. The summed E-state index contributed by atoms with van der Waals surface area (Å²) in [4.78, 5) is 4.27. The van der Waals surface area contributed by atoms with E-state index in [4.69, 9.17) is 13.9 Å². The normalized spacial score (nSPS) is 18.1. The fourth-order valence-electron chi connectivity index (χ4n) is 4.20. The second-order valence-corrected chi connectivity index (χ2v) is 16.0. The van der Waals surface area contributed by atoms with Crippen LogP contribution in [0.3, 0.4) is 0 Å². The summed E-state index contributed by atoms with van der Waals surface area (Å²) in [7, 11) is -0.783. The van der Waals surface area contributed by atoms with Gasteiger partial charge < -0.3 is 19.2 Å². The minimum absolute atomic E-state index is 0.0590. The average molecular weight is 533 g/mol. The summed E-state index contributed by atoms with van der Waals surface area (Å²) in [6, 6.07) is 5.75. The lowest BCUT2D eigenvalue weighted by Crippen LogP contribution is -2.46. The van der Waals surface area contributed by atoms with Gasteiger partial charge >= 0.3 is 0 Å². The first-order chi connectivity index (χ1) is 17.4. The van der Waals surface area contributed by atoms with Gasteiger partial charge in [-0.05, 0) is 54.1 Å². The Hall–Kier alpha value is -2.62. The SMILES string of the molecule is COc1c(F)cc(O[C@H]2C[C@H](NCc3c(F)cc(CO[Si](C)(C)C(C)(C)C)c4cnccc34)C2)cc1F. The zero-order valence-corrected chi connectivity index (χ0v) is 23.3. The van der Waals surface area contributed by atoms with Gasteiger partial charge in [0, 0.05) is 48.1 Å². The van der Waals surface area contributed by atoms with Crippen LogP contribution in [0.15, 0.2) is 36.7 Å². The molecule has 0 saturated heterocycles. The van der Waals surface area contributed by atoms with Gasteiger partial charge in [-0.25, -0.2) is 13.2 Å². The van der Waals surface area contributed by atoms with Crippen LogP contribution >= 0.6 is 0 Å². The lowest BCUT2D eigenvalue weighted by atomic mass is 9.88. The molecule has 0 amide bonds. The number of hydrogen-bond donors (Lipinski definition) is 1. The highest BCUT2D eigenvalue weighted by atomic mass is 28.4. The molecule has 200 valence electrons. The van der Waals surface area contributed by atoms with Gasteiger partial charge in [0.15, 0.2) is 25.7 Å². The number of hydrogen-bond acceptors (Lipinski definition) is 5. The van der Waals surface area contributed by atoms with Crippen LogP contribution in [-0.2, 0) is 17.6 Å². The van der Waals surface area contributed by atoms with Gasteiger partial charge in [0.05, 0.1) is 13.7 Å². The number of aromatic nitrogens is 1. The van der Waals surface area contributed by atoms with Gasteiger partial charge in [-0.3, -0.25) is 4.98 Å². The third-order valence-electron chi connectivity index (χ3n) is 7.62. The van der Waals surface area contributed by atoms with Gasteiger partial charge in [0.2, 0.25) is 0 Å². The zero-order valence-electron chi connectivity index (χ0n) is 22.3. The molecule has 0 atom stereocenters. The van der Waals surface area contributed by atoms with Gasteiger partial charge in [0.25, 0.3) is 0 Å². The summed E-state index contributed by atoms with van der Waals surface area (Å²) in [5.41, 5.74) is 1.38. The number of pyridine rings is 1. The maximum absolute atomic E-state index is 15.3. The van der Waals surface area contributed by atoms with Crippen LogP contribution in [0.5, 0.6) is 11.5 Å². The van der Waals surface area contributed by atoms with Crippen LogP contribution in [0.2, 0.25) is 18.1 Å². The predicted molar refractivity (Wildman–Crippen MR) is 141 cm³/mol. The van der Waals surface area contributed by atoms with Crippen molar-refractivity contribution in [2.45, 2.75) is 77.0 Å². The molecule has 1 heterocycles. The molecule has 0 bridgehead atoms. The van der Waals surface area contributed by atoms with Crippen molar-refractivity contribution >= 4 is 19.1 Å². The molecule has 37 heavy (non-hydrogen) atoms. The van der Waals surface area contributed by atoms with Crippen molar-refractivity contribution in [3.63, 3.8) is 0 Å². The van der Waals surface area contributed by atoms with Crippen molar-refractivity contribution in [1.82, 2.24) is 10.3 Å². The minimum atomic E-state index is -1.99. The van der Waals surface area contributed by atoms with Gasteiger partial charge in [-0.2, -0.15) is 0 Å². The van der Waals surface area contributed by atoms with Gasteiger partial charge in [0.1, 0.15) is 17.7 Å². The predicted octanol–water partition coefficient (Wildman–Crippen LogP) is 6.88. The molecule has 1 N–H and O–H groups in total. The van der Waals surface area contributed by atoms with E-state index in [1.165, 1.54) is 7.11 Å². The largest absolute Gasteiger partial charge is 0.491 e. The number of nitrogens with zero attached hydrogens (tertiary/aromatic N) is 1. The summed E-state index contributed by atoms with van der Waals surface area (Å²) in [6.07, 6.45) is 4.56. The van der Waals surface area contributed by atoms with Crippen molar-refractivity contribution in [2.24, 2.45) is 0 Å². The molecule has 1 saturated carbocycles. The molecule has 3 aromatic rings. The molecule has 0 spiro atoms. The number of rotatable bonds is 9. The smallest absolute Gasteiger partial charge is 0.192 e. The monoisotopic (exact) mass is 532 g/mol. The summed E-state index contributed by atoms with van der Waals surface area (Å²) < 4.78 is 59.9. The van der Waals surface area contributed by atoms with E-state index in [1.807, 2.05) is 6.07 Å². The number of methoxy groups -OCH3 is 1. The van der Waals surface area contributed by atoms with E-state index < -0.39 is 25.7 Å². The maximum atomic E-state index is 15.3. The maximum Gasteiger partial charge on any atom is 0.192 e. The van der Waals surface area contributed by atoms with Crippen LogP contribution in [0.1, 0.15) is 44.7 Å². The summed E-state index contributed by atoms with van der Waals surface area (Å²) in [5.74, 6) is -2.19. The fraction of sp³-hybridized carbons (Fsp3) is 0.464. The highest BCUT2D eigenvalue weighted by Crippen LogP contribution is 2.38. The average Bonchev–Trinajstić information content (AvgIpc) is 2.79. The molecule has 1 aromatic heterocycles. The molecular weight excluding hydrogens is 497 g/mol. The molecule has 0 unspecified atom stereocenters. The first-order valence-electron chi connectivity index (χ1n) is 12.5. The van der Waals surface area contributed by atoms with Crippen molar-refractivity contribution in [3.05, 3.63) is 65.2 Å². The fourth-order valence-corrected chi connectivity index (χ4v) is 5.15. The van der Waals surface area contributed by atoms with Crippen LogP contribution in [0.4, 0.5) is 13.2 Å². The number of nitrogens with one attached hydrogen (secondary N) is 1. The van der Waals surface area contributed by atoms with E-state index in [0.29, 0.717) is 31.6 Å². The van der Waals surface area contributed by atoms with Crippen molar-refractivity contribution in [1.29, 1.82) is 0 Å². The van der Waals surface area contributed by atoms with Crippen molar-refractivity contribution in [3.8, 4) is 11.5 Å². The highest BCUT2D eigenvalue weighted by molar-refractivity contribution is 6.74. The van der Waals surface area contributed by atoms with Crippen LogP contribution < -0.4 is 14.8 Å². The molecule has 2 aromatic carbocycles. The third-order valence-corrected chi connectivity index (χ3v) is 12.1. The Bertz CT molecular complexity index is 1250. The molecule has 0 radical (unpaired) electrons. The lowest BCUT2D eigenvalue weighted by molar-refractivity contribution is 0.0834. The first kappa shape index (κ1) is 27.4. The third kappa shape index (κ3) is 5.94. The molecular formula is C28H35F3N2O3Si. The summed E-state index contributed by atoms with van der Waals surface area (Å²) in [6.45, 7) is 11.6. The second kappa shape index (κ2) is 10.6. The zero-order chi connectivity index (χ0) is 27.0. The Balaban J connectivity index is 1.39. The van der Waals surface area contributed by atoms with E-state index in [0.717, 1.165) is 28.5 Å². The topological polar surface area (TPSA) is 52.6 Å². The van der Waals surface area contributed by atoms with Crippen LogP contribution in [0.25, 0.3) is 10.8 Å². The first-order valence-corrected chi connectivity index (χ1v) is 15.4. The van der Waals surface area contributed by atoms with E-state index in [9.17, 15) is 8.78 Å². The lowest BCUT2D eigenvalue weighted by Gasteiger charge is -2.36. The Labute approximate surface area is 217 Å². The Morgan fingerprint density at radius 2 is 1.70 bits per heavy atom. The van der Waals surface area contributed by atoms with Gasteiger partial charge in [-0.15, -0.1) is 0 Å². The number of ether oxygens (including phenoxy) is 2. The Morgan fingerprint density at radius 3 is 2.32 bits per heavy atom. The summed E-state index contributed by atoms with van der Waals surface area (Å²) >= 11 is 0. The van der Waals surface area contributed by atoms with Crippen molar-refractivity contribution < 1.29 is 27.1 Å². The molecule has 9 heteroatoms. The molecule has 4 rings (SSSR count). The van der Waals surface area contributed by atoms with Crippen LogP contribution in [0, 0.1) is 17.5 Å².